The third kappa shape index (κ3) is 4.90. The second-order valence-electron chi connectivity index (χ2n) is 7.70. The van der Waals surface area contributed by atoms with Crippen molar-refractivity contribution in [1.82, 2.24) is 9.97 Å². The molecule has 0 radical (unpaired) electrons. The van der Waals surface area contributed by atoms with E-state index in [0.717, 1.165) is 29.7 Å². The molecule has 168 valence electrons. The second kappa shape index (κ2) is 8.36. The minimum absolute atomic E-state index is 0.0161. The number of amides is 1. The van der Waals surface area contributed by atoms with Gasteiger partial charge in [0.05, 0.1) is 15.8 Å². The summed E-state index contributed by atoms with van der Waals surface area (Å²) < 4.78 is 39.9. The molecular weight excluding hydrogens is 451 g/mol. The Kier molecular flexibility index (Phi) is 5.37. The quantitative estimate of drug-likeness (QED) is 0.299. The van der Waals surface area contributed by atoms with E-state index in [1.165, 1.54) is 23.5 Å². The lowest BCUT2D eigenvalue weighted by Gasteiger charge is -2.12. The SMILES string of the molecule is O=C(Nc1cccc(Nc2nc(Nc3cccc(C(F)(F)F)c3)nc3ccsc23)c1)C1CC1. The van der Waals surface area contributed by atoms with Crippen molar-refractivity contribution in [2.45, 2.75) is 19.0 Å². The van der Waals surface area contributed by atoms with E-state index in [4.69, 9.17) is 0 Å². The van der Waals surface area contributed by atoms with Crippen molar-refractivity contribution in [3.05, 3.63) is 65.5 Å². The fraction of sp³-hybridized carbons (Fsp3) is 0.174. The van der Waals surface area contributed by atoms with Gasteiger partial charge in [-0.05, 0) is 60.7 Å². The molecule has 1 fully saturated rings. The van der Waals surface area contributed by atoms with Gasteiger partial charge in [-0.15, -0.1) is 11.3 Å². The van der Waals surface area contributed by atoms with Crippen LogP contribution < -0.4 is 16.0 Å². The number of hydrogen-bond acceptors (Lipinski definition) is 6. The number of nitrogens with zero attached hydrogens (tertiary/aromatic N) is 2. The van der Waals surface area contributed by atoms with Gasteiger partial charge in [0.2, 0.25) is 11.9 Å². The molecule has 33 heavy (non-hydrogen) atoms. The monoisotopic (exact) mass is 469 g/mol. The molecule has 1 aliphatic carbocycles. The van der Waals surface area contributed by atoms with Crippen LogP contribution in [-0.4, -0.2) is 15.9 Å². The molecule has 2 aromatic carbocycles. The number of hydrogen-bond donors (Lipinski definition) is 3. The number of rotatable bonds is 6. The third-order valence-corrected chi connectivity index (χ3v) is 6.00. The van der Waals surface area contributed by atoms with Gasteiger partial charge in [-0.3, -0.25) is 4.79 Å². The zero-order valence-corrected chi connectivity index (χ0v) is 17.9. The van der Waals surface area contributed by atoms with Gasteiger partial charge in [-0.1, -0.05) is 12.1 Å². The molecule has 0 spiro atoms. The van der Waals surface area contributed by atoms with Crippen molar-refractivity contribution < 1.29 is 18.0 Å². The smallest absolute Gasteiger partial charge is 0.339 e. The minimum Gasteiger partial charge on any atom is -0.339 e. The minimum atomic E-state index is -4.44. The Morgan fingerprint density at radius 3 is 2.42 bits per heavy atom. The van der Waals surface area contributed by atoms with Crippen molar-refractivity contribution in [3.63, 3.8) is 0 Å². The highest BCUT2D eigenvalue weighted by atomic mass is 32.1. The van der Waals surface area contributed by atoms with Crippen molar-refractivity contribution in [2.24, 2.45) is 5.92 Å². The summed E-state index contributed by atoms with van der Waals surface area (Å²) in [7, 11) is 0. The van der Waals surface area contributed by atoms with Gasteiger partial charge in [0.1, 0.15) is 0 Å². The highest BCUT2D eigenvalue weighted by Gasteiger charge is 2.30. The van der Waals surface area contributed by atoms with Crippen LogP contribution in [0.25, 0.3) is 10.2 Å². The van der Waals surface area contributed by atoms with E-state index in [1.54, 1.807) is 0 Å². The van der Waals surface area contributed by atoms with Gasteiger partial charge >= 0.3 is 6.18 Å². The van der Waals surface area contributed by atoms with Crippen molar-refractivity contribution >= 4 is 56.3 Å². The van der Waals surface area contributed by atoms with Gasteiger partial charge in [0.15, 0.2) is 5.82 Å². The maximum absolute atomic E-state index is 13.0. The summed E-state index contributed by atoms with van der Waals surface area (Å²) in [6.45, 7) is 0. The Balaban J connectivity index is 1.41. The Hall–Kier alpha value is -3.66. The highest BCUT2D eigenvalue weighted by Crippen LogP contribution is 2.34. The first-order valence-corrected chi connectivity index (χ1v) is 11.1. The number of thiophene rings is 1. The van der Waals surface area contributed by atoms with Gasteiger partial charge in [-0.25, -0.2) is 4.98 Å². The van der Waals surface area contributed by atoms with Crippen molar-refractivity contribution in [2.75, 3.05) is 16.0 Å². The van der Waals surface area contributed by atoms with Crippen LogP contribution in [0.3, 0.4) is 0 Å². The molecule has 3 N–H and O–H groups in total. The molecule has 10 heteroatoms. The van der Waals surface area contributed by atoms with Crippen LogP contribution >= 0.6 is 11.3 Å². The molecule has 1 aliphatic rings. The van der Waals surface area contributed by atoms with Crippen LogP contribution in [0, 0.1) is 5.92 Å². The number of aromatic nitrogens is 2. The zero-order chi connectivity index (χ0) is 23.0. The van der Waals surface area contributed by atoms with Gasteiger partial charge in [0, 0.05) is 23.0 Å². The number of halogens is 3. The second-order valence-corrected chi connectivity index (χ2v) is 8.62. The Morgan fingerprint density at radius 2 is 1.67 bits per heavy atom. The van der Waals surface area contributed by atoms with Crippen LogP contribution in [0.5, 0.6) is 0 Å². The summed E-state index contributed by atoms with van der Waals surface area (Å²) in [6, 6.07) is 14.0. The van der Waals surface area contributed by atoms with Crippen LogP contribution in [-0.2, 0) is 11.0 Å². The molecule has 0 atom stereocenters. The lowest BCUT2D eigenvalue weighted by atomic mass is 10.2. The van der Waals surface area contributed by atoms with E-state index < -0.39 is 11.7 Å². The largest absolute Gasteiger partial charge is 0.416 e. The summed E-state index contributed by atoms with van der Waals surface area (Å²) in [4.78, 5) is 21.0. The number of benzene rings is 2. The van der Waals surface area contributed by atoms with E-state index in [9.17, 15) is 18.0 Å². The van der Waals surface area contributed by atoms with E-state index in [0.29, 0.717) is 22.7 Å². The molecular formula is C23H18F3N5OS. The topological polar surface area (TPSA) is 78.9 Å². The summed E-state index contributed by atoms with van der Waals surface area (Å²) in [5, 5.41) is 10.9. The number of nitrogens with one attached hydrogen (secondary N) is 3. The predicted octanol–water partition coefficient (Wildman–Crippen LogP) is 6.55. The van der Waals surface area contributed by atoms with Gasteiger partial charge < -0.3 is 16.0 Å². The average molecular weight is 469 g/mol. The number of carbonyl (C=O) groups is 1. The fourth-order valence-corrected chi connectivity index (χ4v) is 4.08. The fourth-order valence-electron chi connectivity index (χ4n) is 3.31. The summed E-state index contributed by atoms with van der Waals surface area (Å²) >= 11 is 1.45. The molecule has 0 bridgehead atoms. The Morgan fingerprint density at radius 1 is 0.939 bits per heavy atom. The van der Waals surface area contributed by atoms with Gasteiger partial charge in [-0.2, -0.15) is 18.2 Å². The normalized spacial score (nSPS) is 13.7. The van der Waals surface area contributed by atoms with Crippen molar-refractivity contribution in [3.8, 4) is 0 Å². The summed E-state index contributed by atoms with van der Waals surface area (Å²) in [5.74, 6) is 0.789. The van der Waals surface area contributed by atoms with E-state index in [1.807, 2.05) is 35.7 Å². The van der Waals surface area contributed by atoms with Crippen LogP contribution in [0.4, 0.5) is 42.0 Å². The zero-order valence-electron chi connectivity index (χ0n) is 17.1. The summed E-state index contributed by atoms with van der Waals surface area (Å²) in [6.07, 6.45) is -2.60. The lowest BCUT2D eigenvalue weighted by molar-refractivity contribution is -0.137. The molecule has 2 aromatic heterocycles. The molecule has 4 aromatic rings. The molecule has 0 unspecified atom stereocenters. The Labute approximate surface area is 190 Å². The first-order valence-electron chi connectivity index (χ1n) is 10.2. The highest BCUT2D eigenvalue weighted by molar-refractivity contribution is 7.17. The van der Waals surface area contributed by atoms with Crippen LogP contribution in [0.15, 0.2) is 60.0 Å². The van der Waals surface area contributed by atoms with Gasteiger partial charge in [0.25, 0.3) is 0 Å². The third-order valence-electron chi connectivity index (χ3n) is 5.09. The number of carbonyl (C=O) groups excluding carboxylic acids is 1. The van der Waals surface area contributed by atoms with E-state index in [2.05, 4.69) is 25.9 Å². The molecule has 1 amide bonds. The van der Waals surface area contributed by atoms with Crippen LogP contribution in [0.2, 0.25) is 0 Å². The Bertz CT molecular complexity index is 1330. The average Bonchev–Trinajstić information content (AvgIpc) is 3.52. The maximum atomic E-state index is 13.0. The molecule has 0 aliphatic heterocycles. The maximum Gasteiger partial charge on any atom is 0.416 e. The first kappa shape index (κ1) is 21.2. The number of alkyl halides is 3. The molecule has 6 nitrogen and oxygen atoms in total. The summed E-state index contributed by atoms with van der Waals surface area (Å²) in [5.41, 5.74) is 1.52. The van der Waals surface area contributed by atoms with E-state index in [-0.39, 0.29) is 23.5 Å². The molecule has 1 saturated carbocycles. The molecule has 5 rings (SSSR count). The lowest BCUT2D eigenvalue weighted by Crippen LogP contribution is -2.13. The molecule has 2 heterocycles. The molecule has 0 saturated heterocycles. The standard InChI is InChI=1S/C23H18F3N5OS/c24-23(25,26)14-3-1-4-15(11-14)29-22-30-18-9-10-33-19(18)20(31-22)27-16-5-2-6-17(12-16)28-21(32)13-7-8-13/h1-6,9-13H,7-8H2,(H,28,32)(H2,27,29,30,31). The van der Waals surface area contributed by atoms with E-state index >= 15 is 0 Å². The van der Waals surface area contributed by atoms with Crippen LogP contribution in [0.1, 0.15) is 18.4 Å². The first-order chi connectivity index (χ1) is 15.8. The number of fused-ring (bicyclic) bond motifs is 1. The van der Waals surface area contributed by atoms with Crippen molar-refractivity contribution in [1.29, 1.82) is 0 Å². The number of anilines is 5. The predicted molar refractivity (Wildman–Crippen MR) is 123 cm³/mol.